The summed E-state index contributed by atoms with van der Waals surface area (Å²) in [6.45, 7) is 0. The van der Waals surface area contributed by atoms with Crippen molar-refractivity contribution in [2.75, 3.05) is 0 Å². The molecule has 3 nitrogen and oxygen atoms in total. The molecule has 0 N–H and O–H groups in total. The zero-order valence-electron chi connectivity index (χ0n) is 16.0. The predicted molar refractivity (Wildman–Crippen MR) is 121 cm³/mol. The lowest BCUT2D eigenvalue weighted by atomic mass is 9.97. The summed E-state index contributed by atoms with van der Waals surface area (Å²) in [7, 11) is 0. The van der Waals surface area contributed by atoms with Gasteiger partial charge >= 0.3 is 0 Å². The molecule has 4 aromatic rings. The van der Waals surface area contributed by atoms with Crippen LogP contribution in [0, 0.1) is 11.3 Å². The van der Waals surface area contributed by atoms with Crippen molar-refractivity contribution in [2.24, 2.45) is 0 Å². The van der Waals surface area contributed by atoms with E-state index >= 15 is 0 Å². The summed E-state index contributed by atoms with van der Waals surface area (Å²) in [5, 5.41) is 10.7. The lowest BCUT2D eigenvalue weighted by molar-refractivity contribution is 0.0980. The number of carbonyl (C=O) groups is 1. The Bertz CT molecular complexity index is 1280. The minimum absolute atomic E-state index is 0.0464. The molecule has 0 saturated carbocycles. The number of halogens is 2. The highest BCUT2D eigenvalue weighted by molar-refractivity contribution is 6.36. The van der Waals surface area contributed by atoms with Gasteiger partial charge in [-0.25, -0.2) is 0 Å². The van der Waals surface area contributed by atoms with Crippen LogP contribution in [0.3, 0.4) is 0 Å². The molecule has 5 heteroatoms. The number of unbranched alkanes of at least 4 members (excludes halogenated alkanes) is 1. The maximum absolute atomic E-state index is 12.4. The summed E-state index contributed by atoms with van der Waals surface area (Å²) in [6.07, 6.45) is 3.03. The van der Waals surface area contributed by atoms with Crippen LogP contribution in [0.1, 0.15) is 29.6 Å². The number of nitrogens with zero attached hydrogens (tertiary/aromatic N) is 1. The first-order valence-electron chi connectivity index (χ1n) is 9.54. The fourth-order valence-corrected chi connectivity index (χ4v) is 3.98. The van der Waals surface area contributed by atoms with Crippen LogP contribution in [-0.2, 0) is 0 Å². The van der Waals surface area contributed by atoms with Crippen molar-refractivity contribution in [1.82, 2.24) is 0 Å². The molecule has 0 radical (unpaired) electrons. The fraction of sp³-hybridized carbons (Fsp3) is 0.120. The van der Waals surface area contributed by atoms with Gasteiger partial charge < -0.3 is 4.42 Å². The number of benzene rings is 3. The van der Waals surface area contributed by atoms with Gasteiger partial charge in [0.15, 0.2) is 5.78 Å². The van der Waals surface area contributed by atoms with Crippen molar-refractivity contribution in [2.45, 2.75) is 19.3 Å². The smallest absolute Gasteiger partial charge is 0.162 e. The highest BCUT2D eigenvalue weighted by Crippen LogP contribution is 2.38. The summed E-state index contributed by atoms with van der Waals surface area (Å²) in [4.78, 5) is 12.4. The molecule has 1 aromatic heterocycles. The average Bonchev–Trinajstić information content (AvgIpc) is 3.17. The maximum atomic E-state index is 12.4. The molecule has 0 atom stereocenters. The van der Waals surface area contributed by atoms with Gasteiger partial charge in [0.05, 0.1) is 17.4 Å². The number of furan rings is 1. The molecule has 0 aliphatic heterocycles. The Labute approximate surface area is 184 Å². The Balaban J connectivity index is 1.72. The first-order valence-corrected chi connectivity index (χ1v) is 10.3. The van der Waals surface area contributed by atoms with Gasteiger partial charge in [0.1, 0.15) is 5.58 Å². The van der Waals surface area contributed by atoms with Gasteiger partial charge in [-0.05, 0) is 47.9 Å². The van der Waals surface area contributed by atoms with E-state index in [4.69, 9.17) is 32.9 Å². The summed E-state index contributed by atoms with van der Waals surface area (Å²) in [5.41, 5.74) is 5.05. The summed E-state index contributed by atoms with van der Waals surface area (Å²) >= 11 is 12.4. The van der Waals surface area contributed by atoms with Crippen molar-refractivity contribution in [3.05, 3.63) is 82.5 Å². The molecular formula is C25H17Cl2NO2. The molecule has 0 amide bonds. The Morgan fingerprint density at radius 3 is 2.60 bits per heavy atom. The molecule has 30 heavy (non-hydrogen) atoms. The first-order chi connectivity index (χ1) is 14.6. The van der Waals surface area contributed by atoms with Gasteiger partial charge in [-0.15, -0.1) is 0 Å². The van der Waals surface area contributed by atoms with Gasteiger partial charge in [0.2, 0.25) is 0 Å². The van der Waals surface area contributed by atoms with E-state index in [0.29, 0.717) is 34.9 Å². The summed E-state index contributed by atoms with van der Waals surface area (Å²) in [5.74, 6) is 0.0464. The zero-order chi connectivity index (χ0) is 21.1. The second-order valence-electron chi connectivity index (χ2n) is 7.00. The SMILES string of the molecule is N#CCCCC(=O)c1cccc(-c2ccc3occ(-c4ccc(Cl)cc4Cl)c3c2)c1. The number of rotatable bonds is 6. The molecule has 1 heterocycles. The number of Topliss-reactive ketones (excluding diaryl/α,β-unsaturated/α-hetero) is 1. The molecule has 0 saturated heterocycles. The van der Waals surface area contributed by atoms with E-state index in [1.807, 2.05) is 48.5 Å². The predicted octanol–water partition coefficient (Wildman–Crippen LogP) is 7.95. The standard InChI is InChI=1S/C25H17Cl2NO2/c26-19-8-9-20(23(27)14-19)22-15-30-25-10-7-17(13-21(22)25)16-4-3-5-18(12-16)24(29)6-1-2-11-28/h3-5,7-10,12-15H,1-2,6H2. The van der Waals surface area contributed by atoms with Crippen molar-refractivity contribution < 1.29 is 9.21 Å². The largest absolute Gasteiger partial charge is 0.464 e. The Kier molecular flexibility index (Phi) is 5.90. The maximum Gasteiger partial charge on any atom is 0.162 e. The van der Waals surface area contributed by atoms with Gasteiger partial charge in [-0.3, -0.25) is 4.79 Å². The number of carbonyl (C=O) groups excluding carboxylic acids is 1. The van der Waals surface area contributed by atoms with Crippen molar-refractivity contribution in [1.29, 1.82) is 5.26 Å². The molecule has 0 spiro atoms. The van der Waals surface area contributed by atoms with Gasteiger partial charge in [-0.2, -0.15) is 5.26 Å². The van der Waals surface area contributed by atoms with Crippen LogP contribution >= 0.6 is 23.2 Å². The Morgan fingerprint density at radius 1 is 0.967 bits per heavy atom. The van der Waals surface area contributed by atoms with E-state index < -0.39 is 0 Å². The lowest BCUT2D eigenvalue weighted by Gasteiger charge is -2.07. The first kappa shape index (κ1) is 20.2. The zero-order valence-corrected chi connectivity index (χ0v) is 17.5. The van der Waals surface area contributed by atoms with Crippen molar-refractivity contribution in [3.8, 4) is 28.3 Å². The number of hydrogen-bond donors (Lipinski definition) is 0. The molecule has 148 valence electrons. The van der Waals surface area contributed by atoms with Gasteiger partial charge in [0.25, 0.3) is 0 Å². The van der Waals surface area contributed by atoms with E-state index in [2.05, 4.69) is 6.07 Å². The molecule has 0 aliphatic rings. The minimum atomic E-state index is 0.0464. The van der Waals surface area contributed by atoms with E-state index in [0.717, 1.165) is 33.2 Å². The van der Waals surface area contributed by atoms with E-state index in [-0.39, 0.29) is 5.78 Å². The average molecular weight is 434 g/mol. The normalized spacial score (nSPS) is 10.8. The third kappa shape index (κ3) is 4.11. The van der Waals surface area contributed by atoms with Crippen LogP contribution in [0.25, 0.3) is 33.2 Å². The third-order valence-corrected chi connectivity index (χ3v) is 5.55. The lowest BCUT2D eigenvalue weighted by Crippen LogP contribution is -1.98. The third-order valence-electron chi connectivity index (χ3n) is 5.01. The van der Waals surface area contributed by atoms with Crippen LogP contribution in [0.5, 0.6) is 0 Å². The number of fused-ring (bicyclic) bond motifs is 1. The van der Waals surface area contributed by atoms with Crippen LogP contribution < -0.4 is 0 Å². The molecule has 0 bridgehead atoms. The van der Waals surface area contributed by atoms with E-state index in [1.54, 1.807) is 18.4 Å². The molecule has 4 rings (SSSR count). The Hall–Kier alpha value is -3.06. The molecule has 3 aromatic carbocycles. The van der Waals surface area contributed by atoms with Gasteiger partial charge in [-0.1, -0.05) is 53.5 Å². The molecule has 0 unspecified atom stereocenters. The monoisotopic (exact) mass is 433 g/mol. The topological polar surface area (TPSA) is 54.0 Å². The van der Waals surface area contributed by atoms with Crippen molar-refractivity contribution >= 4 is 40.0 Å². The fourth-order valence-electron chi connectivity index (χ4n) is 3.47. The van der Waals surface area contributed by atoms with Crippen LogP contribution in [0.2, 0.25) is 10.0 Å². The quantitative estimate of drug-likeness (QED) is 0.229. The highest BCUT2D eigenvalue weighted by atomic mass is 35.5. The Morgan fingerprint density at radius 2 is 1.80 bits per heavy atom. The molecular weight excluding hydrogens is 417 g/mol. The second kappa shape index (κ2) is 8.75. The van der Waals surface area contributed by atoms with Crippen LogP contribution in [0.15, 0.2) is 71.3 Å². The van der Waals surface area contributed by atoms with Crippen LogP contribution in [-0.4, -0.2) is 5.78 Å². The van der Waals surface area contributed by atoms with E-state index in [1.165, 1.54) is 0 Å². The molecule has 0 fully saturated rings. The molecule has 0 aliphatic carbocycles. The number of nitriles is 1. The van der Waals surface area contributed by atoms with Gasteiger partial charge in [0, 0.05) is 39.9 Å². The number of ketones is 1. The number of hydrogen-bond acceptors (Lipinski definition) is 3. The second-order valence-corrected chi connectivity index (χ2v) is 7.84. The van der Waals surface area contributed by atoms with Crippen molar-refractivity contribution in [3.63, 3.8) is 0 Å². The van der Waals surface area contributed by atoms with E-state index in [9.17, 15) is 4.79 Å². The van der Waals surface area contributed by atoms with Crippen LogP contribution in [0.4, 0.5) is 0 Å². The minimum Gasteiger partial charge on any atom is -0.464 e. The highest BCUT2D eigenvalue weighted by Gasteiger charge is 2.14. The summed E-state index contributed by atoms with van der Waals surface area (Å²) < 4.78 is 5.72. The summed E-state index contributed by atoms with van der Waals surface area (Å²) in [6, 6.07) is 20.9.